The van der Waals surface area contributed by atoms with E-state index in [1.807, 2.05) is 0 Å². The van der Waals surface area contributed by atoms with E-state index in [1.165, 1.54) is 11.2 Å². The Morgan fingerprint density at radius 1 is 1.53 bits per heavy atom. The zero-order chi connectivity index (χ0) is 12.7. The first kappa shape index (κ1) is 12.2. The maximum atomic E-state index is 12.0. The lowest BCUT2D eigenvalue weighted by Gasteiger charge is -2.33. The molecule has 1 aliphatic rings. The molecule has 0 spiro atoms. The highest BCUT2D eigenvalue weighted by molar-refractivity contribution is 7.91. The number of furan rings is 1. The van der Waals surface area contributed by atoms with Gasteiger partial charge in [-0.1, -0.05) is 0 Å². The Hall–Kier alpha value is -1.30. The fourth-order valence-corrected chi connectivity index (χ4v) is 4.25. The van der Waals surface area contributed by atoms with E-state index < -0.39 is 15.4 Å². The van der Waals surface area contributed by atoms with E-state index in [2.05, 4.69) is 0 Å². The molecule has 1 aliphatic heterocycles. The van der Waals surface area contributed by atoms with E-state index in [-0.39, 0.29) is 23.2 Å². The molecule has 94 valence electrons. The molecule has 0 N–H and O–H groups in total. The summed E-state index contributed by atoms with van der Waals surface area (Å²) in [5, 5.41) is 0. The monoisotopic (exact) mass is 257 g/mol. The van der Waals surface area contributed by atoms with Gasteiger partial charge in [-0.15, -0.1) is 0 Å². The van der Waals surface area contributed by atoms with Crippen molar-refractivity contribution in [2.45, 2.75) is 18.9 Å². The minimum atomic E-state index is -3.03. The van der Waals surface area contributed by atoms with Crippen molar-refractivity contribution < 1.29 is 17.6 Å². The molecule has 5 nitrogen and oxygen atoms in total. The maximum absolute atomic E-state index is 12.0. The molecule has 1 aromatic heterocycles. The van der Waals surface area contributed by atoms with Crippen LogP contribution in [0.4, 0.5) is 0 Å². The minimum Gasteiger partial charge on any atom is -0.459 e. The topological polar surface area (TPSA) is 67.6 Å². The third kappa shape index (κ3) is 2.22. The zero-order valence-electron chi connectivity index (χ0n) is 9.84. The van der Waals surface area contributed by atoms with Gasteiger partial charge >= 0.3 is 0 Å². The highest BCUT2D eigenvalue weighted by Gasteiger charge is 2.43. The summed E-state index contributed by atoms with van der Waals surface area (Å²) in [6, 6.07) is 3.21. The summed E-state index contributed by atoms with van der Waals surface area (Å²) >= 11 is 0. The molecule has 0 radical (unpaired) electrons. The van der Waals surface area contributed by atoms with Crippen LogP contribution in [0.15, 0.2) is 22.8 Å². The number of carbonyl (C=O) groups is 1. The van der Waals surface area contributed by atoms with Crippen LogP contribution < -0.4 is 0 Å². The van der Waals surface area contributed by atoms with Crippen molar-refractivity contribution in [2.24, 2.45) is 0 Å². The van der Waals surface area contributed by atoms with Crippen molar-refractivity contribution in [3.63, 3.8) is 0 Å². The summed E-state index contributed by atoms with van der Waals surface area (Å²) in [6.45, 7) is 1.79. The molecule has 1 amide bonds. The van der Waals surface area contributed by atoms with Crippen LogP contribution in [-0.2, 0) is 9.84 Å². The largest absolute Gasteiger partial charge is 0.459 e. The van der Waals surface area contributed by atoms with Crippen molar-refractivity contribution >= 4 is 15.7 Å². The Morgan fingerprint density at radius 2 is 2.24 bits per heavy atom. The molecule has 1 aromatic rings. The highest BCUT2D eigenvalue weighted by Crippen LogP contribution is 2.29. The lowest BCUT2D eigenvalue weighted by molar-refractivity contribution is 0.0605. The van der Waals surface area contributed by atoms with Crippen LogP contribution in [0, 0.1) is 0 Å². The SMILES string of the molecule is CN(C(=O)c1ccco1)[C@]1(C)CCS(=O)(=O)C1. The second-order valence-corrected chi connectivity index (χ2v) is 6.86. The van der Waals surface area contributed by atoms with Crippen LogP contribution in [0.1, 0.15) is 23.9 Å². The van der Waals surface area contributed by atoms with Crippen molar-refractivity contribution in [2.75, 3.05) is 18.6 Å². The Kier molecular flexibility index (Phi) is 2.77. The predicted octanol–water partition coefficient (Wildman–Crippen LogP) is 0.929. The van der Waals surface area contributed by atoms with Crippen LogP contribution in [0.25, 0.3) is 0 Å². The maximum Gasteiger partial charge on any atom is 0.289 e. The molecule has 0 aliphatic carbocycles. The Balaban J connectivity index is 2.21. The Labute approximate surface area is 100 Å². The van der Waals surface area contributed by atoms with Gasteiger partial charge in [0.1, 0.15) is 0 Å². The van der Waals surface area contributed by atoms with Gasteiger partial charge in [0.05, 0.1) is 23.3 Å². The van der Waals surface area contributed by atoms with Gasteiger partial charge in [0.15, 0.2) is 15.6 Å². The lowest BCUT2D eigenvalue weighted by Crippen LogP contribution is -2.48. The van der Waals surface area contributed by atoms with Crippen LogP contribution in [0.2, 0.25) is 0 Å². The van der Waals surface area contributed by atoms with E-state index >= 15 is 0 Å². The molecule has 0 bridgehead atoms. The minimum absolute atomic E-state index is 0.0168. The molecule has 0 saturated carbocycles. The molecule has 2 rings (SSSR count). The average Bonchev–Trinajstić information content (AvgIpc) is 2.85. The molecule has 6 heteroatoms. The number of amides is 1. The van der Waals surface area contributed by atoms with Crippen LogP contribution >= 0.6 is 0 Å². The number of nitrogens with zero attached hydrogens (tertiary/aromatic N) is 1. The molecule has 1 saturated heterocycles. The number of hydrogen-bond donors (Lipinski definition) is 0. The molecular formula is C11H15NO4S. The summed E-state index contributed by atoms with van der Waals surface area (Å²) in [4.78, 5) is 13.5. The van der Waals surface area contributed by atoms with Gasteiger partial charge < -0.3 is 9.32 Å². The number of sulfone groups is 1. The van der Waals surface area contributed by atoms with Gasteiger partial charge in [-0.25, -0.2) is 8.42 Å². The van der Waals surface area contributed by atoms with Crippen molar-refractivity contribution in [1.29, 1.82) is 0 Å². The summed E-state index contributed by atoms with van der Waals surface area (Å²) < 4.78 is 28.0. The third-order valence-corrected chi connectivity index (χ3v) is 5.22. The predicted molar refractivity (Wildman–Crippen MR) is 62.5 cm³/mol. The Bertz CT molecular complexity index is 520. The number of carbonyl (C=O) groups excluding carboxylic acids is 1. The summed E-state index contributed by atoms with van der Waals surface area (Å²) in [5.74, 6) is 0.106. The first-order valence-electron chi connectivity index (χ1n) is 5.36. The zero-order valence-corrected chi connectivity index (χ0v) is 10.7. The standard InChI is InChI=1S/C11H15NO4S/c1-11(5-7-17(14,15)8-11)12(2)10(13)9-4-3-6-16-9/h3-4,6H,5,7-8H2,1-2H3/t11-/m1/s1. The first-order chi connectivity index (χ1) is 7.84. The van der Waals surface area contributed by atoms with E-state index in [4.69, 9.17) is 4.42 Å². The Morgan fingerprint density at radius 3 is 2.71 bits per heavy atom. The van der Waals surface area contributed by atoms with E-state index in [0.29, 0.717) is 6.42 Å². The smallest absolute Gasteiger partial charge is 0.289 e. The van der Waals surface area contributed by atoms with Gasteiger partial charge in [0.25, 0.3) is 5.91 Å². The van der Waals surface area contributed by atoms with E-state index in [0.717, 1.165) is 0 Å². The van der Waals surface area contributed by atoms with E-state index in [9.17, 15) is 13.2 Å². The molecule has 0 unspecified atom stereocenters. The van der Waals surface area contributed by atoms with Crippen LogP contribution in [-0.4, -0.2) is 43.3 Å². The third-order valence-electron chi connectivity index (χ3n) is 3.33. The molecular weight excluding hydrogens is 242 g/mol. The summed E-state index contributed by atoms with van der Waals surface area (Å²) in [5.41, 5.74) is -0.636. The molecule has 1 atom stereocenters. The van der Waals surface area contributed by atoms with E-state index in [1.54, 1.807) is 26.1 Å². The second-order valence-electron chi connectivity index (χ2n) is 4.68. The fraction of sp³-hybridized carbons (Fsp3) is 0.545. The van der Waals surface area contributed by atoms with Crippen LogP contribution in [0.3, 0.4) is 0 Å². The first-order valence-corrected chi connectivity index (χ1v) is 7.18. The second kappa shape index (κ2) is 3.87. The number of rotatable bonds is 2. The van der Waals surface area contributed by atoms with Gasteiger partial charge in [-0.2, -0.15) is 0 Å². The van der Waals surface area contributed by atoms with Gasteiger partial charge in [-0.05, 0) is 25.5 Å². The highest BCUT2D eigenvalue weighted by atomic mass is 32.2. The summed E-state index contributed by atoms with van der Waals surface area (Å²) in [6.07, 6.45) is 1.90. The normalized spacial score (nSPS) is 26.9. The number of hydrogen-bond acceptors (Lipinski definition) is 4. The summed E-state index contributed by atoms with van der Waals surface area (Å²) in [7, 11) is -1.41. The molecule has 17 heavy (non-hydrogen) atoms. The van der Waals surface area contributed by atoms with Gasteiger partial charge in [0.2, 0.25) is 0 Å². The molecule has 2 heterocycles. The van der Waals surface area contributed by atoms with Crippen molar-refractivity contribution in [3.8, 4) is 0 Å². The van der Waals surface area contributed by atoms with Gasteiger partial charge in [-0.3, -0.25) is 4.79 Å². The van der Waals surface area contributed by atoms with Gasteiger partial charge in [0, 0.05) is 7.05 Å². The molecule has 0 aromatic carbocycles. The lowest BCUT2D eigenvalue weighted by atomic mass is 10.00. The van der Waals surface area contributed by atoms with Crippen molar-refractivity contribution in [3.05, 3.63) is 24.2 Å². The quantitative estimate of drug-likeness (QED) is 0.790. The average molecular weight is 257 g/mol. The van der Waals surface area contributed by atoms with Crippen molar-refractivity contribution in [1.82, 2.24) is 4.90 Å². The molecule has 1 fully saturated rings. The fourth-order valence-electron chi connectivity index (χ4n) is 2.07. The van der Waals surface area contributed by atoms with Crippen LogP contribution in [0.5, 0.6) is 0 Å².